The van der Waals surface area contributed by atoms with Crippen LogP contribution in [-0.2, 0) is 21.3 Å². The van der Waals surface area contributed by atoms with Gasteiger partial charge < -0.3 is 10.1 Å². The van der Waals surface area contributed by atoms with E-state index in [4.69, 9.17) is 4.74 Å². The molecule has 0 aliphatic rings. The Morgan fingerprint density at radius 2 is 2.05 bits per heavy atom. The van der Waals surface area contributed by atoms with Gasteiger partial charge in [-0.3, -0.25) is 0 Å². The molecule has 5 nitrogen and oxygen atoms in total. The number of hydrogen-bond acceptors (Lipinski definition) is 4. The zero-order valence-corrected chi connectivity index (χ0v) is 15.3. The first kappa shape index (κ1) is 18.6. The number of halogens is 1. The van der Waals surface area contributed by atoms with Crippen molar-refractivity contribution in [2.24, 2.45) is 0 Å². The van der Waals surface area contributed by atoms with Crippen molar-refractivity contribution in [1.82, 2.24) is 9.62 Å². The van der Waals surface area contributed by atoms with Gasteiger partial charge in [-0.25, -0.2) is 8.42 Å². The highest BCUT2D eigenvalue weighted by Crippen LogP contribution is 2.25. The van der Waals surface area contributed by atoms with E-state index in [1.54, 1.807) is 20.2 Å². The minimum atomic E-state index is -3.50. The summed E-state index contributed by atoms with van der Waals surface area (Å²) in [5, 5.41) is 3.30. The van der Waals surface area contributed by atoms with Crippen LogP contribution in [0.2, 0.25) is 0 Å². The molecule has 1 rings (SSSR count). The summed E-state index contributed by atoms with van der Waals surface area (Å²) in [4.78, 5) is 0.273. The summed E-state index contributed by atoms with van der Waals surface area (Å²) in [6.07, 6.45) is 0. The van der Waals surface area contributed by atoms with E-state index in [0.717, 1.165) is 5.56 Å². The van der Waals surface area contributed by atoms with Crippen molar-refractivity contribution in [3.8, 4) is 0 Å². The van der Waals surface area contributed by atoms with Crippen molar-refractivity contribution in [2.75, 3.05) is 27.3 Å². The van der Waals surface area contributed by atoms with Crippen LogP contribution in [-0.4, -0.2) is 46.1 Å². The molecule has 1 N–H and O–H groups in total. The highest BCUT2D eigenvalue weighted by molar-refractivity contribution is 9.10. The fraction of sp³-hybridized carbons (Fsp3) is 0.571. The predicted octanol–water partition coefficient (Wildman–Crippen LogP) is 2.21. The average Bonchev–Trinajstić information content (AvgIpc) is 2.42. The number of nitrogens with one attached hydrogen (secondary N) is 1. The number of methoxy groups -OCH3 is 1. The Morgan fingerprint density at radius 3 is 2.57 bits per heavy atom. The Morgan fingerprint density at radius 1 is 1.38 bits per heavy atom. The number of benzene rings is 1. The molecule has 0 unspecified atom stereocenters. The molecular formula is C14H23BrN2O3S. The number of ether oxygens (including phenoxy) is 1. The van der Waals surface area contributed by atoms with E-state index in [1.165, 1.54) is 4.31 Å². The first-order chi connectivity index (χ1) is 9.78. The number of rotatable bonds is 8. The number of likely N-dealkylation sites (N-methyl/N-ethyl adjacent to an activating group) is 1. The monoisotopic (exact) mass is 378 g/mol. The van der Waals surface area contributed by atoms with Crippen molar-refractivity contribution in [3.05, 3.63) is 28.2 Å². The maximum atomic E-state index is 12.5. The SMILES string of the molecule is COCCN(C)S(=O)(=O)c1ccc(CNC(C)C)cc1Br. The lowest BCUT2D eigenvalue weighted by atomic mass is 10.2. The summed E-state index contributed by atoms with van der Waals surface area (Å²) in [6, 6.07) is 5.69. The zero-order chi connectivity index (χ0) is 16.0. The van der Waals surface area contributed by atoms with Crippen LogP contribution < -0.4 is 5.32 Å². The molecule has 0 aliphatic carbocycles. The summed E-state index contributed by atoms with van der Waals surface area (Å²) in [5.74, 6) is 0. The van der Waals surface area contributed by atoms with Gasteiger partial charge in [0.2, 0.25) is 10.0 Å². The first-order valence-electron chi connectivity index (χ1n) is 6.76. The minimum Gasteiger partial charge on any atom is -0.383 e. The standard InChI is InChI=1S/C14H23BrN2O3S/c1-11(2)16-10-12-5-6-14(13(15)9-12)21(18,19)17(3)7-8-20-4/h5-6,9,11,16H,7-8,10H2,1-4H3. The number of sulfonamides is 1. The lowest BCUT2D eigenvalue weighted by Crippen LogP contribution is -2.30. The molecule has 0 saturated heterocycles. The summed E-state index contributed by atoms with van der Waals surface area (Å²) in [7, 11) is -0.405. The molecule has 0 aliphatic heterocycles. The highest BCUT2D eigenvalue weighted by atomic mass is 79.9. The third-order valence-electron chi connectivity index (χ3n) is 3.01. The fourth-order valence-corrected chi connectivity index (χ4v) is 3.93. The van der Waals surface area contributed by atoms with Crippen molar-refractivity contribution < 1.29 is 13.2 Å². The van der Waals surface area contributed by atoms with Crippen LogP contribution >= 0.6 is 15.9 Å². The van der Waals surface area contributed by atoms with E-state index in [1.807, 2.05) is 12.1 Å². The molecule has 0 amide bonds. The van der Waals surface area contributed by atoms with Crippen LogP contribution in [0.15, 0.2) is 27.6 Å². The molecule has 0 saturated carbocycles. The Labute approximate surface area is 135 Å². The Hall–Kier alpha value is -0.470. The molecule has 7 heteroatoms. The molecule has 1 aromatic carbocycles. The topological polar surface area (TPSA) is 58.6 Å². The second-order valence-electron chi connectivity index (χ2n) is 5.12. The molecule has 0 aromatic heterocycles. The molecule has 0 atom stereocenters. The molecule has 1 aromatic rings. The van der Waals surface area contributed by atoms with Gasteiger partial charge in [0.1, 0.15) is 0 Å². The van der Waals surface area contributed by atoms with Gasteiger partial charge in [0.05, 0.1) is 11.5 Å². The first-order valence-corrected chi connectivity index (χ1v) is 8.99. The van der Waals surface area contributed by atoms with Crippen LogP contribution in [0.1, 0.15) is 19.4 Å². The van der Waals surface area contributed by atoms with E-state index >= 15 is 0 Å². The minimum absolute atomic E-state index is 0.273. The van der Waals surface area contributed by atoms with Gasteiger partial charge in [0, 0.05) is 37.8 Å². The molecule has 0 bridgehead atoms. The van der Waals surface area contributed by atoms with E-state index < -0.39 is 10.0 Å². The molecule has 0 spiro atoms. The van der Waals surface area contributed by atoms with Crippen molar-refractivity contribution in [1.29, 1.82) is 0 Å². The quantitative estimate of drug-likeness (QED) is 0.753. The lowest BCUT2D eigenvalue weighted by molar-refractivity contribution is 0.185. The third kappa shape index (κ3) is 5.34. The smallest absolute Gasteiger partial charge is 0.244 e. The summed E-state index contributed by atoms with van der Waals surface area (Å²) in [5.41, 5.74) is 1.04. The number of hydrogen-bond donors (Lipinski definition) is 1. The van der Waals surface area contributed by atoms with E-state index in [2.05, 4.69) is 35.1 Å². The molecule has 120 valence electrons. The second kappa shape index (κ2) is 8.24. The predicted molar refractivity (Wildman–Crippen MR) is 87.8 cm³/mol. The molecular weight excluding hydrogens is 356 g/mol. The Kier molecular flexibility index (Phi) is 7.29. The summed E-state index contributed by atoms with van der Waals surface area (Å²) >= 11 is 3.36. The molecule has 0 heterocycles. The van der Waals surface area contributed by atoms with Gasteiger partial charge in [0.25, 0.3) is 0 Å². The van der Waals surface area contributed by atoms with Gasteiger partial charge in [-0.2, -0.15) is 4.31 Å². The Balaban J connectivity index is 2.93. The molecule has 0 radical (unpaired) electrons. The summed E-state index contributed by atoms with van der Waals surface area (Å²) in [6.45, 7) is 5.53. The summed E-state index contributed by atoms with van der Waals surface area (Å²) < 4.78 is 31.7. The van der Waals surface area contributed by atoms with Gasteiger partial charge in [-0.15, -0.1) is 0 Å². The normalized spacial score (nSPS) is 12.3. The second-order valence-corrected chi connectivity index (χ2v) is 7.99. The van der Waals surface area contributed by atoms with Crippen LogP contribution in [0.5, 0.6) is 0 Å². The Bertz CT molecular complexity index is 561. The van der Waals surface area contributed by atoms with E-state index in [9.17, 15) is 8.42 Å². The zero-order valence-electron chi connectivity index (χ0n) is 12.9. The largest absolute Gasteiger partial charge is 0.383 e. The fourth-order valence-electron chi connectivity index (χ4n) is 1.69. The van der Waals surface area contributed by atoms with Crippen LogP contribution in [0.25, 0.3) is 0 Å². The van der Waals surface area contributed by atoms with Crippen molar-refractivity contribution >= 4 is 26.0 Å². The average molecular weight is 379 g/mol. The van der Waals surface area contributed by atoms with E-state index in [-0.39, 0.29) is 4.90 Å². The third-order valence-corrected chi connectivity index (χ3v) is 5.84. The maximum Gasteiger partial charge on any atom is 0.244 e. The van der Waals surface area contributed by atoms with Gasteiger partial charge in [-0.05, 0) is 33.6 Å². The van der Waals surface area contributed by atoms with Crippen molar-refractivity contribution in [3.63, 3.8) is 0 Å². The van der Waals surface area contributed by atoms with Gasteiger partial charge in [-0.1, -0.05) is 19.9 Å². The van der Waals surface area contributed by atoms with Crippen LogP contribution in [0, 0.1) is 0 Å². The van der Waals surface area contributed by atoms with Crippen molar-refractivity contribution in [2.45, 2.75) is 31.3 Å². The van der Waals surface area contributed by atoms with Gasteiger partial charge >= 0.3 is 0 Å². The van der Waals surface area contributed by atoms with Gasteiger partial charge in [0.15, 0.2) is 0 Å². The molecule has 21 heavy (non-hydrogen) atoms. The van der Waals surface area contributed by atoms with E-state index in [0.29, 0.717) is 30.2 Å². The number of nitrogens with zero attached hydrogens (tertiary/aromatic N) is 1. The molecule has 0 fully saturated rings. The van der Waals surface area contributed by atoms with Crippen LogP contribution in [0.4, 0.5) is 0 Å². The maximum absolute atomic E-state index is 12.5. The lowest BCUT2D eigenvalue weighted by Gasteiger charge is -2.18. The van der Waals surface area contributed by atoms with Crippen LogP contribution in [0.3, 0.4) is 0 Å². The highest BCUT2D eigenvalue weighted by Gasteiger charge is 2.23.